The number of amides is 3. The average Bonchev–Trinajstić information content (AvgIpc) is 2.41. The van der Waals surface area contributed by atoms with Crippen LogP contribution in [0.3, 0.4) is 0 Å². The van der Waals surface area contributed by atoms with Gasteiger partial charge in [-0.05, 0) is 37.0 Å². The summed E-state index contributed by atoms with van der Waals surface area (Å²) in [5.74, 6) is 0.392. The smallest absolute Gasteiger partial charge is 0.319 e. The second-order valence-electron chi connectivity index (χ2n) is 5.73. The lowest BCUT2D eigenvalue weighted by molar-refractivity contribution is -0.114. The molecule has 5 heteroatoms. The predicted molar refractivity (Wildman–Crippen MR) is 84.3 cm³/mol. The van der Waals surface area contributed by atoms with Crippen molar-refractivity contribution in [2.45, 2.75) is 45.6 Å². The molecule has 0 aromatic heterocycles. The zero-order valence-electron chi connectivity index (χ0n) is 12.6. The van der Waals surface area contributed by atoms with Crippen LogP contribution >= 0.6 is 0 Å². The standard InChI is InChI=1S/C16H23N3O2/c1-11-6-3-4-9-15(11)19-16(21)18-14-8-5-7-13(10-14)17-12(2)20/h5,7-8,10-11,15H,3-4,6,9H2,1-2H3,(H,17,20)(H2,18,19,21)/t11-,15-/m0/s1. The maximum atomic E-state index is 12.1. The highest BCUT2D eigenvalue weighted by Gasteiger charge is 2.22. The molecule has 114 valence electrons. The summed E-state index contributed by atoms with van der Waals surface area (Å²) < 4.78 is 0. The van der Waals surface area contributed by atoms with Gasteiger partial charge in [0, 0.05) is 24.3 Å². The Morgan fingerprint density at radius 1 is 1.10 bits per heavy atom. The van der Waals surface area contributed by atoms with Crippen LogP contribution in [0.15, 0.2) is 24.3 Å². The topological polar surface area (TPSA) is 70.2 Å². The molecular weight excluding hydrogens is 266 g/mol. The van der Waals surface area contributed by atoms with Gasteiger partial charge in [0.05, 0.1) is 0 Å². The second kappa shape index (κ2) is 7.11. The van der Waals surface area contributed by atoms with Crippen molar-refractivity contribution < 1.29 is 9.59 Å². The predicted octanol–water partition coefficient (Wildman–Crippen LogP) is 3.35. The van der Waals surface area contributed by atoms with Crippen molar-refractivity contribution in [1.29, 1.82) is 0 Å². The van der Waals surface area contributed by atoms with Crippen LogP contribution in [0.1, 0.15) is 39.5 Å². The number of carbonyl (C=O) groups excluding carboxylic acids is 2. The number of hydrogen-bond donors (Lipinski definition) is 3. The summed E-state index contributed by atoms with van der Waals surface area (Å²) in [5, 5.41) is 8.56. The van der Waals surface area contributed by atoms with Crippen molar-refractivity contribution in [1.82, 2.24) is 5.32 Å². The molecule has 3 N–H and O–H groups in total. The fourth-order valence-corrected chi connectivity index (χ4v) is 2.74. The van der Waals surface area contributed by atoms with Crippen LogP contribution in [-0.2, 0) is 4.79 Å². The summed E-state index contributed by atoms with van der Waals surface area (Å²) in [6.45, 7) is 3.64. The van der Waals surface area contributed by atoms with Crippen LogP contribution in [0.2, 0.25) is 0 Å². The lowest BCUT2D eigenvalue weighted by Gasteiger charge is -2.29. The first-order valence-corrected chi connectivity index (χ1v) is 7.50. The van der Waals surface area contributed by atoms with Crippen molar-refractivity contribution in [3.05, 3.63) is 24.3 Å². The van der Waals surface area contributed by atoms with Gasteiger partial charge in [-0.1, -0.05) is 25.8 Å². The summed E-state index contributed by atoms with van der Waals surface area (Å²) in [6, 6.07) is 7.18. The highest BCUT2D eigenvalue weighted by molar-refractivity contribution is 5.92. The number of carbonyl (C=O) groups is 2. The minimum Gasteiger partial charge on any atom is -0.335 e. The Balaban J connectivity index is 1.91. The maximum absolute atomic E-state index is 12.1. The van der Waals surface area contributed by atoms with E-state index >= 15 is 0 Å². The fourth-order valence-electron chi connectivity index (χ4n) is 2.74. The molecule has 0 saturated heterocycles. The molecule has 2 atom stereocenters. The molecule has 0 radical (unpaired) electrons. The molecule has 1 aliphatic carbocycles. The third-order valence-electron chi connectivity index (χ3n) is 3.87. The van der Waals surface area contributed by atoms with Gasteiger partial charge in [0.15, 0.2) is 0 Å². The summed E-state index contributed by atoms with van der Waals surface area (Å²) in [5.41, 5.74) is 1.34. The monoisotopic (exact) mass is 289 g/mol. The van der Waals surface area contributed by atoms with E-state index in [1.807, 2.05) is 0 Å². The van der Waals surface area contributed by atoms with E-state index in [4.69, 9.17) is 0 Å². The lowest BCUT2D eigenvalue weighted by Crippen LogP contribution is -2.43. The Labute approximate surface area is 125 Å². The Morgan fingerprint density at radius 2 is 1.76 bits per heavy atom. The molecule has 1 saturated carbocycles. The molecule has 1 aromatic carbocycles. The lowest BCUT2D eigenvalue weighted by atomic mass is 9.86. The van der Waals surface area contributed by atoms with Crippen molar-refractivity contribution in [3.63, 3.8) is 0 Å². The van der Waals surface area contributed by atoms with Crippen LogP contribution in [0.4, 0.5) is 16.2 Å². The van der Waals surface area contributed by atoms with Crippen LogP contribution in [0, 0.1) is 5.92 Å². The molecule has 0 unspecified atom stereocenters. The van der Waals surface area contributed by atoms with Gasteiger partial charge in [0.1, 0.15) is 0 Å². The molecule has 1 fully saturated rings. The summed E-state index contributed by atoms with van der Waals surface area (Å²) >= 11 is 0. The Kier molecular flexibility index (Phi) is 5.20. The van der Waals surface area contributed by atoms with Crippen molar-refractivity contribution >= 4 is 23.3 Å². The molecule has 5 nitrogen and oxygen atoms in total. The van der Waals surface area contributed by atoms with E-state index in [-0.39, 0.29) is 18.0 Å². The van der Waals surface area contributed by atoms with Gasteiger partial charge in [-0.3, -0.25) is 4.79 Å². The van der Waals surface area contributed by atoms with Crippen LogP contribution in [0.5, 0.6) is 0 Å². The fraction of sp³-hybridized carbons (Fsp3) is 0.500. The van der Waals surface area contributed by atoms with Crippen LogP contribution < -0.4 is 16.0 Å². The summed E-state index contributed by atoms with van der Waals surface area (Å²) in [6.07, 6.45) is 4.64. The molecule has 0 heterocycles. The molecule has 2 rings (SSSR count). The maximum Gasteiger partial charge on any atom is 0.319 e. The van der Waals surface area contributed by atoms with E-state index in [9.17, 15) is 9.59 Å². The van der Waals surface area contributed by atoms with E-state index in [2.05, 4.69) is 22.9 Å². The molecule has 21 heavy (non-hydrogen) atoms. The van der Waals surface area contributed by atoms with E-state index in [1.54, 1.807) is 24.3 Å². The minimum absolute atomic E-state index is 0.132. The van der Waals surface area contributed by atoms with E-state index in [0.717, 1.165) is 6.42 Å². The third kappa shape index (κ3) is 4.77. The molecule has 0 spiro atoms. The van der Waals surface area contributed by atoms with E-state index < -0.39 is 0 Å². The quantitative estimate of drug-likeness (QED) is 0.798. The third-order valence-corrected chi connectivity index (χ3v) is 3.87. The summed E-state index contributed by atoms with van der Waals surface area (Å²) in [4.78, 5) is 23.1. The van der Waals surface area contributed by atoms with Gasteiger partial charge in [0.2, 0.25) is 5.91 Å². The minimum atomic E-state index is -0.186. The van der Waals surface area contributed by atoms with Gasteiger partial charge in [-0.25, -0.2) is 4.79 Å². The molecule has 0 aliphatic heterocycles. The highest BCUT2D eigenvalue weighted by atomic mass is 16.2. The van der Waals surface area contributed by atoms with Crippen molar-refractivity contribution in [3.8, 4) is 0 Å². The Bertz CT molecular complexity index is 516. The zero-order valence-corrected chi connectivity index (χ0v) is 12.6. The van der Waals surface area contributed by atoms with Gasteiger partial charge in [-0.2, -0.15) is 0 Å². The average molecular weight is 289 g/mol. The normalized spacial score (nSPS) is 21.4. The first-order chi connectivity index (χ1) is 10.0. The number of rotatable bonds is 3. The number of nitrogens with one attached hydrogen (secondary N) is 3. The first-order valence-electron chi connectivity index (χ1n) is 7.50. The molecular formula is C16H23N3O2. The highest BCUT2D eigenvalue weighted by Crippen LogP contribution is 2.24. The number of hydrogen-bond acceptors (Lipinski definition) is 2. The van der Waals surface area contributed by atoms with Crippen LogP contribution in [-0.4, -0.2) is 18.0 Å². The van der Waals surface area contributed by atoms with Crippen molar-refractivity contribution in [2.24, 2.45) is 5.92 Å². The first kappa shape index (κ1) is 15.4. The molecule has 3 amide bonds. The van der Waals surface area contributed by atoms with Gasteiger partial charge >= 0.3 is 6.03 Å². The van der Waals surface area contributed by atoms with Gasteiger partial charge < -0.3 is 16.0 Å². The Hall–Kier alpha value is -2.04. The molecule has 1 aliphatic rings. The molecule has 1 aromatic rings. The van der Waals surface area contributed by atoms with E-state index in [1.165, 1.54) is 26.2 Å². The van der Waals surface area contributed by atoms with Gasteiger partial charge in [0.25, 0.3) is 0 Å². The molecule has 0 bridgehead atoms. The van der Waals surface area contributed by atoms with Gasteiger partial charge in [-0.15, -0.1) is 0 Å². The second-order valence-corrected chi connectivity index (χ2v) is 5.73. The Morgan fingerprint density at radius 3 is 2.43 bits per heavy atom. The largest absolute Gasteiger partial charge is 0.335 e. The van der Waals surface area contributed by atoms with Crippen LogP contribution in [0.25, 0.3) is 0 Å². The number of anilines is 2. The summed E-state index contributed by atoms with van der Waals surface area (Å²) in [7, 11) is 0. The SMILES string of the molecule is CC(=O)Nc1cccc(NC(=O)N[C@H]2CCCC[C@@H]2C)c1. The van der Waals surface area contributed by atoms with Crippen molar-refractivity contribution in [2.75, 3.05) is 10.6 Å². The number of benzene rings is 1. The van der Waals surface area contributed by atoms with E-state index in [0.29, 0.717) is 17.3 Å². The number of urea groups is 1. The zero-order chi connectivity index (χ0) is 15.2.